The van der Waals surface area contributed by atoms with Gasteiger partial charge in [0.05, 0.1) is 11.6 Å². The summed E-state index contributed by atoms with van der Waals surface area (Å²) in [7, 11) is 0. The summed E-state index contributed by atoms with van der Waals surface area (Å²) in [5, 5.41) is 8.96. The zero-order valence-corrected chi connectivity index (χ0v) is 11.8. The fourth-order valence-electron chi connectivity index (χ4n) is 2.11. The van der Waals surface area contributed by atoms with Gasteiger partial charge in [0.25, 0.3) is 0 Å². The molecule has 0 aliphatic carbocycles. The lowest BCUT2D eigenvalue weighted by Crippen LogP contribution is -2.08. The summed E-state index contributed by atoms with van der Waals surface area (Å²) < 4.78 is 5.93. The van der Waals surface area contributed by atoms with E-state index < -0.39 is 0 Å². The highest BCUT2D eigenvalue weighted by atomic mass is 16.5. The van der Waals surface area contributed by atoms with Crippen LogP contribution in [0.2, 0.25) is 0 Å². The van der Waals surface area contributed by atoms with Gasteiger partial charge >= 0.3 is 0 Å². The smallest absolute Gasteiger partial charge is 0.223 e. The topological polar surface area (TPSA) is 71.9 Å². The Balaban J connectivity index is 2.44. The van der Waals surface area contributed by atoms with Crippen LogP contribution in [0.25, 0.3) is 0 Å². The number of nitrogens with zero attached hydrogens (tertiary/aromatic N) is 2. The highest BCUT2D eigenvalue weighted by molar-refractivity contribution is 5.49. The van der Waals surface area contributed by atoms with Gasteiger partial charge in [-0.1, -0.05) is 6.07 Å². The first kappa shape index (κ1) is 14.0. The average molecular weight is 267 g/mol. The van der Waals surface area contributed by atoms with Crippen molar-refractivity contribution < 1.29 is 4.74 Å². The largest absolute Gasteiger partial charge is 0.438 e. The van der Waals surface area contributed by atoms with Crippen LogP contribution in [0.15, 0.2) is 30.5 Å². The van der Waals surface area contributed by atoms with E-state index in [1.165, 1.54) is 0 Å². The molecule has 0 aliphatic rings. The van der Waals surface area contributed by atoms with Gasteiger partial charge in [0, 0.05) is 17.8 Å². The molecule has 2 aromatic rings. The molecule has 20 heavy (non-hydrogen) atoms. The molecule has 102 valence electrons. The molecule has 2 rings (SSSR count). The molecule has 1 atom stereocenters. The lowest BCUT2D eigenvalue weighted by atomic mass is 10.1. The molecule has 4 heteroatoms. The van der Waals surface area contributed by atoms with Crippen molar-refractivity contribution in [2.24, 2.45) is 5.73 Å². The van der Waals surface area contributed by atoms with Gasteiger partial charge in [0.2, 0.25) is 5.88 Å². The first-order valence-electron chi connectivity index (χ1n) is 6.42. The fourth-order valence-corrected chi connectivity index (χ4v) is 2.11. The van der Waals surface area contributed by atoms with Crippen molar-refractivity contribution in [3.05, 3.63) is 52.7 Å². The molecule has 1 aromatic carbocycles. The van der Waals surface area contributed by atoms with Crippen molar-refractivity contribution in [2.45, 2.75) is 26.8 Å². The predicted molar refractivity (Wildman–Crippen MR) is 77.5 cm³/mol. The highest BCUT2D eigenvalue weighted by Crippen LogP contribution is 2.31. The predicted octanol–water partition coefficient (Wildman–Crippen LogP) is 3.38. The lowest BCUT2D eigenvalue weighted by molar-refractivity contribution is 0.445. The number of nitriles is 1. The summed E-state index contributed by atoms with van der Waals surface area (Å²) >= 11 is 0. The molecule has 2 N–H and O–H groups in total. The van der Waals surface area contributed by atoms with Gasteiger partial charge < -0.3 is 10.5 Å². The molecule has 0 amide bonds. The van der Waals surface area contributed by atoms with Gasteiger partial charge in [-0.3, -0.25) is 0 Å². The molecule has 0 bridgehead atoms. The molecule has 0 saturated heterocycles. The second kappa shape index (κ2) is 5.72. The van der Waals surface area contributed by atoms with E-state index in [0.717, 1.165) is 22.4 Å². The summed E-state index contributed by atoms with van der Waals surface area (Å²) in [4.78, 5) is 4.25. The molecule has 1 heterocycles. The number of ether oxygens (including phenoxy) is 1. The van der Waals surface area contributed by atoms with Crippen LogP contribution < -0.4 is 10.5 Å². The van der Waals surface area contributed by atoms with E-state index in [9.17, 15) is 0 Å². The van der Waals surface area contributed by atoms with Crippen molar-refractivity contribution in [3.8, 4) is 17.7 Å². The summed E-state index contributed by atoms with van der Waals surface area (Å²) in [5.41, 5.74) is 9.22. The molecular weight excluding hydrogens is 250 g/mol. The first-order chi connectivity index (χ1) is 9.52. The van der Waals surface area contributed by atoms with Gasteiger partial charge in [-0.05, 0) is 50.1 Å². The Labute approximate surface area is 118 Å². The van der Waals surface area contributed by atoms with E-state index in [0.29, 0.717) is 11.4 Å². The van der Waals surface area contributed by atoms with E-state index in [1.54, 1.807) is 18.3 Å². The van der Waals surface area contributed by atoms with Crippen LogP contribution >= 0.6 is 0 Å². The minimum Gasteiger partial charge on any atom is -0.438 e. The third-order valence-electron chi connectivity index (χ3n) is 3.08. The Bertz CT molecular complexity index is 649. The number of hydrogen-bond acceptors (Lipinski definition) is 4. The third-order valence-corrected chi connectivity index (χ3v) is 3.08. The van der Waals surface area contributed by atoms with E-state index in [2.05, 4.69) is 11.1 Å². The molecule has 0 fully saturated rings. The molecule has 1 unspecified atom stereocenters. The SMILES string of the molecule is Cc1cc(C#N)cc(C)c1Oc1ncccc1C(C)N. The maximum absolute atomic E-state index is 8.96. The number of aromatic nitrogens is 1. The van der Waals surface area contributed by atoms with Crippen molar-refractivity contribution in [1.29, 1.82) is 5.26 Å². The van der Waals surface area contributed by atoms with Crippen molar-refractivity contribution >= 4 is 0 Å². The zero-order valence-electron chi connectivity index (χ0n) is 11.8. The highest BCUT2D eigenvalue weighted by Gasteiger charge is 2.13. The lowest BCUT2D eigenvalue weighted by Gasteiger charge is -2.15. The van der Waals surface area contributed by atoms with Crippen molar-refractivity contribution in [3.63, 3.8) is 0 Å². The number of nitrogens with two attached hydrogens (primary N) is 1. The fraction of sp³-hybridized carbons (Fsp3) is 0.250. The maximum Gasteiger partial charge on any atom is 0.223 e. The van der Waals surface area contributed by atoms with Crippen LogP contribution in [0.5, 0.6) is 11.6 Å². The molecule has 0 radical (unpaired) electrons. The summed E-state index contributed by atoms with van der Waals surface area (Å²) in [6.45, 7) is 5.72. The van der Waals surface area contributed by atoms with Crippen LogP contribution in [0, 0.1) is 25.2 Å². The number of pyridine rings is 1. The maximum atomic E-state index is 8.96. The second-order valence-electron chi connectivity index (χ2n) is 4.84. The van der Waals surface area contributed by atoms with Crippen LogP contribution in [0.1, 0.15) is 35.2 Å². The van der Waals surface area contributed by atoms with Gasteiger partial charge in [0.15, 0.2) is 0 Å². The Morgan fingerprint density at radius 2 is 1.95 bits per heavy atom. The minimum atomic E-state index is -0.155. The number of aryl methyl sites for hydroxylation is 2. The van der Waals surface area contributed by atoms with Crippen LogP contribution in [0.4, 0.5) is 0 Å². The monoisotopic (exact) mass is 267 g/mol. The Morgan fingerprint density at radius 1 is 1.30 bits per heavy atom. The normalized spacial score (nSPS) is 11.8. The van der Waals surface area contributed by atoms with Gasteiger partial charge in [-0.15, -0.1) is 0 Å². The van der Waals surface area contributed by atoms with Gasteiger partial charge in [-0.25, -0.2) is 4.98 Å². The van der Waals surface area contributed by atoms with Gasteiger partial charge in [0.1, 0.15) is 5.75 Å². The van der Waals surface area contributed by atoms with E-state index in [-0.39, 0.29) is 6.04 Å². The van der Waals surface area contributed by atoms with Crippen molar-refractivity contribution in [2.75, 3.05) is 0 Å². The van der Waals surface area contributed by atoms with Gasteiger partial charge in [-0.2, -0.15) is 5.26 Å². The summed E-state index contributed by atoms with van der Waals surface area (Å²) in [6.07, 6.45) is 1.68. The van der Waals surface area contributed by atoms with Crippen LogP contribution in [-0.4, -0.2) is 4.98 Å². The Hall–Kier alpha value is -2.38. The van der Waals surface area contributed by atoms with E-state index in [4.69, 9.17) is 15.7 Å². The first-order valence-corrected chi connectivity index (χ1v) is 6.42. The standard InChI is InChI=1S/C16H17N3O/c1-10-7-13(9-17)8-11(2)15(10)20-16-14(12(3)18)5-4-6-19-16/h4-8,12H,18H2,1-3H3. The zero-order chi connectivity index (χ0) is 14.7. The Kier molecular flexibility index (Phi) is 4.02. The number of hydrogen-bond donors (Lipinski definition) is 1. The average Bonchev–Trinajstić information content (AvgIpc) is 2.42. The molecule has 0 saturated carbocycles. The quantitative estimate of drug-likeness (QED) is 0.925. The van der Waals surface area contributed by atoms with Crippen molar-refractivity contribution in [1.82, 2.24) is 4.98 Å². The second-order valence-corrected chi connectivity index (χ2v) is 4.84. The van der Waals surface area contributed by atoms with Crippen LogP contribution in [-0.2, 0) is 0 Å². The molecule has 0 spiro atoms. The third kappa shape index (κ3) is 2.79. The molecule has 0 aliphatic heterocycles. The van der Waals surface area contributed by atoms with E-state index >= 15 is 0 Å². The Morgan fingerprint density at radius 3 is 2.50 bits per heavy atom. The number of benzene rings is 1. The molecular formula is C16H17N3O. The number of rotatable bonds is 3. The van der Waals surface area contributed by atoms with E-state index in [1.807, 2.05) is 32.9 Å². The summed E-state index contributed by atoms with van der Waals surface area (Å²) in [5.74, 6) is 1.24. The summed E-state index contributed by atoms with van der Waals surface area (Å²) in [6, 6.07) is 9.33. The van der Waals surface area contributed by atoms with Crippen LogP contribution in [0.3, 0.4) is 0 Å². The minimum absolute atomic E-state index is 0.155. The molecule has 4 nitrogen and oxygen atoms in total. The molecule has 1 aromatic heterocycles.